The van der Waals surface area contributed by atoms with Crippen LogP contribution in [0.4, 0.5) is 5.69 Å². The van der Waals surface area contributed by atoms with Gasteiger partial charge in [-0.25, -0.2) is 0 Å². The van der Waals surface area contributed by atoms with Gasteiger partial charge in [0, 0.05) is 11.8 Å². The van der Waals surface area contributed by atoms with Crippen molar-refractivity contribution in [1.82, 2.24) is 0 Å². The lowest BCUT2D eigenvalue weighted by molar-refractivity contribution is -0.126. The summed E-state index contributed by atoms with van der Waals surface area (Å²) in [6.07, 6.45) is 0. The first-order chi connectivity index (χ1) is 11.2. The topological polar surface area (TPSA) is 74.0 Å². The van der Waals surface area contributed by atoms with Gasteiger partial charge in [-0.15, -0.1) is 0 Å². The van der Waals surface area contributed by atoms with Crippen LogP contribution >= 0.6 is 0 Å². The number of nitrogens with two attached hydrogens (primary N) is 1. The zero-order valence-corrected chi connectivity index (χ0v) is 12.6. The van der Waals surface area contributed by atoms with Gasteiger partial charge in [-0.1, -0.05) is 12.1 Å². The number of β-lactam (4-membered cyclic amide) rings is 1. The van der Waals surface area contributed by atoms with Crippen LogP contribution in [0.2, 0.25) is 0 Å². The Labute approximate surface area is 133 Å². The van der Waals surface area contributed by atoms with Crippen molar-refractivity contribution in [3.8, 4) is 17.2 Å². The lowest BCUT2D eigenvalue weighted by Gasteiger charge is -2.45. The second-order valence-corrected chi connectivity index (χ2v) is 5.49. The summed E-state index contributed by atoms with van der Waals surface area (Å²) in [4.78, 5) is 14.0. The van der Waals surface area contributed by atoms with Gasteiger partial charge in [-0.05, 0) is 29.8 Å². The molecule has 2 aromatic rings. The molecule has 2 atom stereocenters. The largest absolute Gasteiger partial charge is 0.497 e. The maximum atomic E-state index is 12.3. The van der Waals surface area contributed by atoms with Crippen LogP contribution in [0.15, 0.2) is 42.5 Å². The van der Waals surface area contributed by atoms with Crippen molar-refractivity contribution in [2.24, 2.45) is 5.73 Å². The quantitative estimate of drug-likeness (QED) is 0.875. The van der Waals surface area contributed by atoms with Crippen LogP contribution in [0.25, 0.3) is 0 Å². The highest BCUT2D eigenvalue weighted by atomic mass is 16.7. The first kappa shape index (κ1) is 13.9. The molecular formula is C17H16N2O4. The molecule has 0 radical (unpaired) electrons. The summed E-state index contributed by atoms with van der Waals surface area (Å²) >= 11 is 0. The number of amides is 1. The van der Waals surface area contributed by atoms with Crippen molar-refractivity contribution in [1.29, 1.82) is 0 Å². The summed E-state index contributed by atoms with van der Waals surface area (Å²) < 4.78 is 15.9. The summed E-state index contributed by atoms with van der Waals surface area (Å²) in [6.45, 7) is 0.200. The monoisotopic (exact) mass is 312 g/mol. The number of hydrogen-bond acceptors (Lipinski definition) is 5. The minimum Gasteiger partial charge on any atom is -0.497 e. The van der Waals surface area contributed by atoms with Crippen molar-refractivity contribution in [3.05, 3.63) is 48.0 Å². The molecule has 0 aliphatic carbocycles. The third kappa shape index (κ3) is 2.10. The van der Waals surface area contributed by atoms with E-state index in [-0.39, 0.29) is 18.7 Å². The zero-order valence-electron chi connectivity index (χ0n) is 12.6. The molecular weight excluding hydrogens is 296 g/mol. The Kier molecular flexibility index (Phi) is 3.12. The number of anilines is 1. The number of nitrogens with zero attached hydrogens (tertiary/aromatic N) is 1. The van der Waals surface area contributed by atoms with Crippen molar-refractivity contribution >= 4 is 11.6 Å². The molecule has 0 spiro atoms. The SMILES string of the molecule is COc1cccc([C@H]2[C@@H](N)C(=O)N2c2ccc3c(c2)OCO3)c1. The fourth-order valence-corrected chi connectivity index (χ4v) is 3.02. The Balaban J connectivity index is 1.70. The van der Waals surface area contributed by atoms with Gasteiger partial charge < -0.3 is 24.8 Å². The second-order valence-electron chi connectivity index (χ2n) is 5.49. The van der Waals surface area contributed by atoms with E-state index in [4.69, 9.17) is 19.9 Å². The summed E-state index contributed by atoms with van der Waals surface area (Å²) in [5, 5.41) is 0. The smallest absolute Gasteiger partial charge is 0.247 e. The third-order valence-corrected chi connectivity index (χ3v) is 4.21. The first-order valence-corrected chi connectivity index (χ1v) is 7.31. The number of carbonyl (C=O) groups excluding carboxylic acids is 1. The Morgan fingerprint density at radius 1 is 1.17 bits per heavy atom. The van der Waals surface area contributed by atoms with E-state index in [1.165, 1.54) is 0 Å². The van der Waals surface area contributed by atoms with Crippen LogP contribution < -0.4 is 24.8 Å². The van der Waals surface area contributed by atoms with Crippen molar-refractivity contribution in [2.75, 3.05) is 18.8 Å². The molecule has 1 saturated heterocycles. The molecule has 2 heterocycles. The summed E-state index contributed by atoms with van der Waals surface area (Å²) in [7, 11) is 1.61. The molecule has 2 aliphatic heterocycles. The first-order valence-electron chi connectivity index (χ1n) is 7.31. The van der Waals surface area contributed by atoms with E-state index in [1.54, 1.807) is 24.1 Å². The predicted octanol–water partition coefficient (Wildman–Crippen LogP) is 1.84. The van der Waals surface area contributed by atoms with Crippen molar-refractivity contribution in [2.45, 2.75) is 12.1 Å². The van der Waals surface area contributed by atoms with Gasteiger partial charge in [0.2, 0.25) is 12.7 Å². The Hall–Kier alpha value is -2.73. The molecule has 2 aliphatic rings. The van der Waals surface area contributed by atoms with Crippen LogP contribution in [0, 0.1) is 0 Å². The average molecular weight is 312 g/mol. The standard InChI is InChI=1S/C17H16N2O4/c1-21-12-4-2-3-10(7-12)16-15(18)17(20)19(16)11-5-6-13-14(8-11)23-9-22-13/h2-8,15-16H,9,18H2,1H3/t15-,16+/m1/s1. The minimum absolute atomic E-state index is 0.114. The molecule has 2 aromatic carbocycles. The number of fused-ring (bicyclic) bond motifs is 1. The van der Waals surface area contributed by atoms with Gasteiger partial charge in [0.15, 0.2) is 11.5 Å². The highest BCUT2D eigenvalue weighted by Crippen LogP contribution is 2.43. The van der Waals surface area contributed by atoms with Crippen LogP contribution in [0.1, 0.15) is 11.6 Å². The number of rotatable bonds is 3. The maximum absolute atomic E-state index is 12.3. The molecule has 0 saturated carbocycles. The molecule has 0 aromatic heterocycles. The van der Waals surface area contributed by atoms with Gasteiger partial charge in [0.05, 0.1) is 13.2 Å². The fraction of sp³-hybridized carbons (Fsp3) is 0.235. The van der Waals surface area contributed by atoms with Crippen molar-refractivity contribution in [3.63, 3.8) is 0 Å². The Bertz CT molecular complexity index is 777. The van der Waals surface area contributed by atoms with Crippen LogP contribution in [0.3, 0.4) is 0 Å². The van der Waals surface area contributed by atoms with Crippen LogP contribution in [-0.4, -0.2) is 25.9 Å². The molecule has 1 amide bonds. The van der Waals surface area contributed by atoms with E-state index in [1.807, 2.05) is 30.3 Å². The lowest BCUT2D eigenvalue weighted by Crippen LogP contribution is -2.63. The predicted molar refractivity (Wildman–Crippen MR) is 83.8 cm³/mol. The molecule has 0 bridgehead atoms. The molecule has 23 heavy (non-hydrogen) atoms. The molecule has 6 heteroatoms. The zero-order chi connectivity index (χ0) is 16.0. The average Bonchev–Trinajstić information content (AvgIpc) is 3.06. The lowest BCUT2D eigenvalue weighted by atomic mass is 9.88. The number of ether oxygens (including phenoxy) is 3. The molecule has 1 fully saturated rings. The summed E-state index contributed by atoms with van der Waals surface area (Å²) in [5.41, 5.74) is 7.73. The van der Waals surface area contributed by atoms with Crippen LogP contribution in [-0.2, 0) is 4.79 Å². The van der Waals surface area contributed by atoms with E-state index >= 15 is 0 Å². The molecule has 0 unspecified atom stereocenters. The fourth-order valence-electron chi connectivity index (χ4n) is 3.02. The van der Waals surface area contributed by atoms with E-state index < -0.39 is 6.04 Å². The normalized spacial score (nSPS) is 22.0. The minimum atomic E-state index is -0.562. The molecule has 2 N–H and O–H groups in total. The van der Waals surface area contributed by atoms with Crippen LogP contribution in [0.5, 0.6) is 17.2 Å². The molecule has 4 rings (SSSR count). The van der Waals surface area contributed by atoms with E-state index in [9.17, 15) is 4.79 Å². The number of methoxy groups -OCH3 is 1. The number of carbonyl (C=O) groups is 1. The van der Waals surface area contributed by atoms with Gasteiger partial charge in [-0.2, -0.15) is 0 Å². The Morgan fingerprint density at radius 2 is 2.00 bits per heavy atom. The number of benzene rings is 2. The van der Waals surface area contributed by atoms with Crippen molar-refractivity contribution < 1.29 is 19.0 Å². The summed E-state index contributed by atoms with van der Waals surface area (Å²) in [6, 6.07) is 12.3. The van der Waals surface area contributed by atoms with Gasteiger partial charge in [0.25, 0.3) is 0 Å². The highest BCUT2D eigenvalue weighted by molar-refractivity contribution is 6.05. The van der Waals surface area contributed by atoms with Gasteiger partial charge in [0.1, 0.15) is 11.8 Å². The molecule has 6 nitrogen and oxygen atoms in total. The molecule has 118 valence electrons. The summed E-state index contributed by atoms with van der Waals surface area (Å²) in [5.74, 6) is 1.94. The number of hydrogen-bond donors (Lipinski definition) is 1. The van der Waals surface area contributed by atoms with Gasteiger partial charge >= 0.3 is 0 Å². The van der Waals surface area contributed by atoms with E-state index in [0.29, 0.717) is 11.5 Å². The van der Waals surface area contributed by atoms with E-state index in [0.717, 1.165) is 17.0 Å². The van der Waals surface area contributed by atoms with Gasteiger partial charge in [-0.3, -0.25) is 4.79 Å². The third-order valence-electron chi connectivity index (χ3n) is 4.21. The Morgan fingerprint density at radius 3 is 2.83 bits per heavy atom. The van der Waals surface area contributed by atoms with E-state index in [2.05, 4.69) is 0 Å². The maximum Gasteiger partial charge on any atom is 0.247 e. The highest BCUT2D eigenvalue weighted by Gasteiger charge is 2.47. The second kappa shape index (κ2) is 5.17.